The molecule has 1 fully saturated rings. The standard InChI is InChI=1S/C11H14N4O/c1-8-6-9(14-16-8)7-13-11-12-4-5-15(11)10-2-3-10/h4-6,10H,2-3,7H2,1H3,(H,12,13). The van der Waals surface area contributed by atoms with Gasteiger partial charge in [0.15, 0.2) is 0 Å². The number of nitrogens with one attached hydrogen (secondary N) is 1. The van der Waals surface area contributed by atoms with Gasteiger partial charge in [0.05, 0.1) is 6.54 Å². The quantitative estimate of drug-likeness (QED) is 0.854. The fourth-order valence-electron chi connectivity index (χ4n) is 1.77. The van der Waals surface area contributed by atoms with Crippen molar-refractivity contribution >= 4 is 5.95 Å². The van der Waals surface area contributed by atoms with E-state index in [1.54, 1.807) is 0 Å². The van der Waals surface area contributed by atoms with E-state index in [0.29, 0.717) is 12.6 Å². The van der Waals surface area contributed by atoms with Crippen LogP contribution >= 0.6 is 0 Å². The van der Waals surface area contributed by atoms with Crippen molar-refractivity contribution < 1.29 is 4.52 Å². The molecule has 5 heteroatoms. The third-order valence-corrected chi connectivity index (χ3v) is 2.71. The summed E-state index contributed by atoms with van der Waals surface area (Å²) in [7, 11) is 0. The number of hydrogen-bond donors (Lipinski definition) is 1. The minimum absolute atomic E-state index is 0.643. The lowest BCUT2D eigenvalue weighted by Gasteiger charge is -2.06. The number of anilines is 1. The zero-order chi connectivity index (χ0) is 11.0. The highest BCUT2D eigenvalue weighted by Gasteiger charge is 2.25. The van der Waals surface area contributed by atoms with E-state index >= 15 is 0 Å². The van der Waals surface area contributed by atoms with Crippen LogP contribution in [0.4, 0.5) is 5.95 Å². The molecular formula is C11H14N4O. The van der Waals surface area contributed by atoms with Crippen molar-refractivity contribution in [1.29, 1.82) is 0 Å². The molecular weight excluding hydrogens is 204 g/mol. The van der Waals surface area contributed by atoms with Crippen LogP contribution in [0.5, 0.6) is 0 Å². The van der Waals surface area contributed by atoms with Gasteiger partial charge in [-0.2, -0.15) is 0 Å². The second-order valence-corrected chi connectivity index (χ2v) is 4.17. The van der Waals surface area contributed by atoms with Crippen LogP contribution in [-0.4, -0.2) is 14.7 Å². The van der Waals surface area contributed by atoms with E-state index in [1.807, 2.05) is 25.4 Å². The molecule has 1 N–H and O–H groups in total. The Morgan fingerprint density at radius 1 is 1.56 bits per heavy atom. The monoisotopic (exact) mass is 218 g/mol. The number of aromatic nitrogens is 3. The molecule has 1 aliphatic carbocycles. The molecule has 3 rings (SSSR count). The van der Waals surface area contributed by atoms with E-state index in [1.165, 1.54) is 12.8 Å². The second-order valence-electron chi connectivity index (χ2n) is 4.17. The van der Waals surface area contributed by atoms with Crippen molar-refractivity contribution in [3.8, 4) is 0 Å². The van der Waals surface area contributed by atoms with Gasteiger partial charge < -0.3 is 14.4 Å². The lowest BCUT2D eigenvalue weighted by molar-refractivity contribution is 0.391. The highest BCUT2D eigenvalue weighted by molar-refractivity contribution is 5.28. The molecule has 2 heterocycles. The van der Waals surface area contributed by atoms with Gasteiger partial charge >= 0.3 is 0 Å². The molecule has 5 nitrogen and oxygen atoms in total. The van der Waals surface area contributed by atoms with Crippen LogP contribution in [0.1, 0.15) is 30.3 Å². The highest BCUT2D eigenvalue weighted by atomic mass is 16.5. The van der Waals surface area contributed by atoms with Gasteiger partial charge in [-0.05, 0) is 19.8 Å². The van der Waals surface area contributed by atoms with Gasteiger partial charge in [0, 0.05) is 24.5 Å². The Hall–Kier alpha value is -1.78. The van der Waals surface area contributed by atoms with Gasteiger partial charge in [-0.1, -0.05) is 5.16 Å². The number of aryl methyl sites for hydroxylation is 1. The summed E-state index contributed by atoms with van der Waals surface area (Å²) >= 11 is 0. The van der Waals surface area contributed by atoms with Gasteiger partial charge in [-0.25, -0.2) is 4.98 Å². The Labute approximate surface area is 93.5 Å². The summed E-state index contributed by atoms with van der Waals surface area (Å²) in [4.78, 5) is 4.29. The van der Waals surface area contributed by atoms with Gasteiger partial charge in [-0.15, -0.1) is 0 Å². The zero-order valence-electron chi connectivity index (χ0n) is 9.18. The van der Waals surface area contributed by atoms with Crippen molar-refractivity contribution in [2.45, 2.75) is 32.4 Å². The van der Waals surface area contributed by atoms with Gasteiger partial charge in [0.2, 0.25) is 5.95 Å². The summed E-state index contributed by atoms with van der Waals surface area (Å²) in [5, 5.41) is 7.20. The number of rotatable bonds is 4. The fourth-order valence-corrected chi connectivity index (χ4v) is 1.77. The molecule has 0 spiro atoms. The summed E-state index contributed by atoms with van der Waals surface area (Å²) < 4.78 is 7.19. The Bertz CT molecular complexity index is 484. The molecule has 0 aliphatic heterocycles. The summed E-state index contributed by atoms with van der Waals surface area (Å²) in [5.74, 6) is 1.76. The SMILES string of the molecule is Cc1cc(CNc2nccn2C2CC2)no1. The minimum Gasteiger partial charge on any atom is -0.361 e. The third-order valence-electron chi connectivity index (χ3n) is 2.71. The summed E-state index contributed by atoms with van der Waals surface area (Å²) in [6.45, 7) is 2.54. The number of imidazole rings is 1. The lowest BCUT2D eigenvalue weighted by Crippen LogP contribution is -2.06. The van der Waals surface area contributed by atoms with Crippen LogP contribution in [0.2, 0.25) is 0 Å². The predicted molar refractivity (Wildman–Crippen MR) is 59.1 cm³/mol. The first-order valence-corrected chi connectivity index (χ1v) is 5.52. The summed E-state index contributed by atoms with van der Waals surface area (Å²) in [6, 6.07) is 2.57. The first-order valence-electron chi connectivity index (χ1n) is 5.52. The van der Waals surface area contributed by atoms with Crippen LogP contribution in [0.15, 0.2) is 23.0 Å². The average molecular weight is 218 g/mol. The van der Waals surface area contributed by atoms with Crippen molar-refractivity contribution in [2.24, 2.45) is 0 Å². The molecule has 16 heavy (non-hydrogen) atoms. The summed E-state index contributed by atoms with van der Waals surface area (Å²) in [5.41, 5.74) is 0.905. The van der Waals surface area contributed by atoms with Crippen LogP contribution in [0.25, 0.3) is 0 Å². The van der Waals surface area contributed by atoms with Gasteiger partial charge in [0.25, 0.3) is 0 Å². The van der Waals surface area contributed by atoms with Crippen molar-refractivity contribution in [2.75, 3.05) is 5.32 Å². The van der Waals surface area contributed by atoms with Crippen molar-refractivity contribution in [3.63, 3.8) is 0 Å². The molecule has 0 amide bonds. The van der Waals surface area contributed by atoms with Crippen LogP contribution in [0, 0.1) is 6.92 Å². The smallest absolute Gasteiger partial charge is 0.203 e. The Kier molecular flexibility index (Phi) is 2.16. The number of nitrogens with zero attached hydrogens (tertiary/aromatic N) is 3. The molecule has 0 aromatic carbocycles. The van der Waals surface area contributed by atoms with E-state index < -0.39 is 0 Å². The largest absolute Gasteiger partial charge is 0.361 e. The van der Waals surface area contributed by atoms with E-state index in [-0.39, 0.29) is 0 Å². The molecule has 0 atom stereocenters. The van der Waals surface area contributed by atoms with E-state index in [9.17, 15) is 0 Å². The normalized spacial score (nSPS) is 15.3. The predicted octanol–water partition coefficient (Wildman–Crippen LogP) is 2.13. The van der Waals surface area contributed by atoms with E-state index in [2.05, 4.69) is 20.0 Å². The van der Waals surface area contributed by atoms with Crippen molar-refractivity contribution in [1.82, 2.24) is 14.7 Å². The zero-order valence-corrected chi connectivity index (χ0v) is 9.18. The highest BCUT2D eigenvalue weighted by Crippen LogP contribution is 2.36. The summed E-state index contributed by atoms with van der Waals surface area (Å²) in [6.07, 6.45) is 6.37. The van der Waals surface area contributed by atoms with Crippen LogP contribution in [-0.2, 0) is 6.54 Å². The molecule has 0 saturated heterocycles. The van der Waals surface area contributed by atoms with Crippen LogP contribution in [0.3, 0.4) is 0 Å². The van der Waals surface area contributed by atoms with Crippen LogP contribution < -0.4 is 5.32 Å². The Balaban J connectivity index is 1.67. The molecule has 0 radical (unpaired) electrons. The molecule has 84 valence electrons. The molecule has 2 aromatic heterocycles. The Morgan fingerprint density at radius 3 is 3.12 bits per heavy atom. The first-order chi connectivity index (χ1) is 7.83. The molecule has 0 unspecified atom stereocenters. The van der Waals surface area contributed by atoms with Gasteiger partial charge in [0.1, 0.15) is 11.5 Å². The average Bonchev–Trinajstić information content (AvgIpc) is 2.86. The maximum atomic E-state index is 5.01. The lowest BCUT2D eigenvalue weighted by atomic mass is 10.4. The molecule has 0 bridgehead atoms. The second kappa shape index (κ2) is 3.66. The van der Waals surface area contributed by atoms with Crippen molar-refractivity contribution in [3.05, 3.63) is 29.9 Å². The third kappa shape index (κ3) is 1.80. The minimum atomic E-state index is 0.643. The molecule has 1 aliphatic rings. The van der Waals surface area contributed by atoms with Gasteiger partial charge in [-0.3, -0.25) is 0 Å². The maximum absolute atomic E-state index is 5.01. The topological polar surface area (TPSA) is 55.9 Å². The Morgan fingerprint density at radius 2 is 2.44 bits per heavy atom. The molecule has 1 saturated carbocycles. The van der Waals surface area contributed by atoms with E-state index in [0.717, 1.165) is 17.4 Å². The fraction of sp³-hybridized carbons (Fsp3) is 0.455. The first kappa shape index (κ1) is 9.45. The maximum Gasteiger partial charge on any atom is 0.203 e. The number of hydrogen-bond acceptors (Lipinski definition) is 4. The molecule has 2 aromatic rings. The van der Waals surface area contributed by atoms with E-state index in [4.69, 9.17) is 4.52 Å².